The lowest BCUT2D eigenvalue weighted by atomic mass is 10.3. The van der Waals surface area contributed by atoms with E-state index in [1.54, 1.807) is 0 Å². The van der Waals surface area contributed by atoms with Crippen LogP contribution in [0.15, 0.2) is 44.2 Å². The number of benzene rings is 1. The molecule has 0 aliphatic carbocycles. The topological polar surface area (TPSA) is 122 Å². The minimum absolute atomic E-state index is 0.0237. The average Bonchev–Trinajstić information content (AvgIpc) is 2.83. The molecule has 1 heterocycles. The molecule has 2 rings (SSSR count). The molecule has 0 saturated carbocycles. The van der Waals surface area contributed by atoms with Gasteiger partial charge in [0, 0.05) is 12.1 Å². The lowest BCUT2D eigenvalue weighted by molar-refractivity contribution is -0.384. The van der Waals surface area contributed by atoms with Gasteiger partial charge in [-0.3, -0.25) is 10.1 Å². The first-order valence-electron chi connectivity index (χ1n) is 5.21. The van der Waals surface area contributed by atoms with E-state index in [2.05, 4.69) is 13.6 Å². The second-order valence-corrected chi connectivity index (χ2v) is 3.45. The van der Waals surface area contributed by atoms with E-state index in [0.29, 0.717) is 0 Å². The maximum atomic E-state index is 11.3. The van der Waals surface area contributed by atoms with Crippen molar-refractivity contribution in [1.82, 2.24) is 0 Å². The summed E-state index contributed by atoms with van der Waals surface area (Å²) in [5.74, 6) is -0.808. The third-order valence-corrected chi connectivity index (χ3v) is 2.08. The third kappa shape index (κ3) is 3.45. The van der Waals surface area contributed by atoms with E-state index in [4.69, 9.17) is 4.74 Å². The van der Waals surface area contributed by atoms with Gasteiger partial charge in [0.1, 0.15) is 12.0 Å². The molecule has 1 aromatic carbocycles. The molecule has 2 aromatic rings. The Morgan fingerprint density at radius 2 is 2.00 bits per heavy atom. The SMILES string of the molecule is O=C(OCc1coc(=O)o1)Oc1ccc([N+](=O)[O-])cc1. The normalized spacial score (nSPS) is 10.0. The second kappa shape index (κ2) is 5.69. The lowest BCUT2D eigenvalue weighted by Crippen LogP contribution is -2.10. The summed E-state index contributed by atoms with van der Waals surface area (Å²) in [7, 11) is 0. The molecule has 0 spiro atoms. The summed E-state index contributed by atoms with van der Waals surface area (Å²) >= 11 is 0. The molecule has 0 aliphatic rings. The Balaban J connectivity index is 1.87. The highest BCUT2D eigenvalue weighted by Crippen LogP contribution is 2.17. The summed E-state index contributed by atoms with van der Waals surface area (Å²) in [6.45, 7) is -0.336. The zero-order chi connectivity index (χ0) is 14.5. The van der Waals surface area contributed by atoms with Crippen LogP contribution in [-0.4, -0.2) is 11.1 Å². The molecule has 0 unspecified atom stereocenters. The average molecular weight is 281 g/mol. The van der Waals surface area contributed by atoms with Gasteiger partial charge in [0.2, 0.25) is 0 Å². The molecule has 0 bridgehead atoms. The summed E-state index contributed by atoms with van der Waals surface area (Å²) in [5.41, 5.74) is -0.133. The van der Waals surface area contributed by atoms with Crippen molar-refractivity contribution in [2.45, 2.75) is 6.61 Å². The Labute approximate surface area is 110 Å². The van der Waals surface area contributed by atoms with Gasteiger partial charge in [0.15, 0.2) is 12.4 Å². The molecule has 0 atom stereocenters. The van der Waals surface area contributed by atoms with Gasteiger partial charge in [0.25, 0.3) is 5.69 Å². The van der Waals surface area contributed by atoms with Crippen LogP contribution in [0.5, 0.6) is 5.75 Å². The van der Waals surface area contributed by atoms with Crippen molar-refractivity contribution in [1.29, 1.82) is 0 Å². The van der Waals surface area contributed by atoms with Gasteiger partial charge in [-0.1, -0.05) is 0 Å². The van der Waals surface area contributed by atoms with Crippen molar-refractivity contribution in [3.8, 4) is 5.75 Å². The van der Waals surface area contributed by atoms with Crippen LogP contribution in [0.3, 0.4) is 0 Å². The molecule has 0 radical (unpaired) electrons. The number of non-ortho nitro benzene ring substituents is 1. The maximum Gasteiger partial charge on any atom is 0.518 e. The van der Waals surface area contributed by atoms with Crippen molar-refractivity contribution in [3.05, 3.63) is 57.0 Å². The molecule has 0 aliphatic heterocycles. The molecule has 1 aromatic heterocycles. The fraction of sp³-hybridized carbons (Fsp3) is 0.0909. The van der Waals surface area contributed by atoms with Gasteiger partial charge >= 0.3 is 12.0 Å². The van der Waals surface area contributed by atoms with Crippen molar-refractivity contribution in [2.75, 3.05) is 0 Å². The summed E-state index contributed by atoms with van der Waals surface area (Å²) in [5, 5.41) is 10.4. The molecule has 0 fully saturated rings. The van der Waals surface area contributed by atoms with Gasteiger partial charge < -0.3 is 18.3 Å². The molecule has 0 N–H and O–H groups in total. The smallest absolute Gasteiger partial charge is 0.426 e. The number of carbonyl (C=O) groups excluding carboxylic acids is 1. The quantitative estimate of drug-likeness (QED) is 0.360. The molecule has 9 heteroatoms. The highest BCUT2D eigenvalue weighted by molar-refractivity contribution is 5.63. The zero-order valence-corrected chi connectivity index (χ0v) is 9.81. The summed E-state index contributed by atoms with van der Waals surface area (Å²) in [6, 6.07) is 4.85. The lowest BCUT2D eigenvalue weighted by Gasteiger charge is -2.03. The summed E-state index contributed by atoms with van der Waals surface area (Å²) < 4.78 is 18.2. The molecule has 0 saturated heterocycles. The van der Waals surface area contributed by atoms with Crippen LogP contribution in [0.2, 0.25) is 0 Å². The van der Waals surface area contributed by atoms with Crippen LogP contribution in [-0.2, 0) is 11.3 Å². The maximum absolute atomic E-state index is 11.3. The van der Waals surface area contributed by atoms with Gasteiger partial charge in [-0.2, -0.15) is 0 Å². The number of nitro groups is 1. The van der Waals surface area contributed by atoms with Crippen LogP contribution >= 0.6 is 0 Å². The number of nitrogens with zero attached hydrogens (tertiary/aromatic N) is 1. The molecular formula is C11H7NO8. The van der Waals surface area contributed by atoms with Crippen LogP contribution in [0.4, 0.5) is 10.5 Å². The fourth-order valence-electron chi connectivity index (χ4n) is 1.22. The summed E-state index contributed by atoms with van der Waals surface area (Å²) in [6.07, 6.45) is -0.0516. The Morgan fingerprint density at radius 1 is 1.30 bits per heavy atom. The monoisotopic (exact) mass is 281 g/mol. The van der Waals surface area contributed by atoms with Crippen LogP contribution in [0.1, 0.15) is 5.76 Å². The molecule has 104 valence electrons. The number of ether oxygens (including phenoxy) is 2. The Morgan fingerprint density at radius 3 is 2.55 bits per heavy atom. The van der Waals surface area contributed by atoms with Crippen molar-refractivity contribution < 1.29 is 28.0 Å². The number of rotatable bonds is 4. The van der Waals surface area contributed by atoms with Crippen LogP contribution < -0.4 is 10.6 Å². The fourth-order valence-corrected chi connectivity index (χ4v) is 1.22. The largest absolute Gasteiger partial charge is 0.518 e. The Hall–Kier alpha value is -3.10. The van der Waals surface area contributed by atoms with Crippen LogP contribution in [0, 0.1) is 10.1 Å². The Kier molecular flexibility index (Phi) is 3.80. The minimum Gasteiger partial charge on any atom is -0.426 e. The van der Waals surface area contributed by atoms with Gasteiger partial charge in [-0.15, -0.1) is 0 Å². The standard InChI is InChI=1S/C11H7NO8/c13-10(17-5-9-6-18-11(14)20-9)19-8-3-1-7(2-4-8)12(15)16/h1-4,6H,5H2. The van der Waals surface area contributed by atoms with E-state index in [1.807, 2.05) is 0 Å². The predicted molar refractivity (Wildman–Crippen MR) is 61.2 cm³/mol. The van der Waals surface area contributed by atoms with Crippen molar-refractivity contribution in [3.63, 3.8) is 0 Å². The van der Waals surface area contributed by atoms with Crippen LogP contribution in [0.25, 0.3) is 0 Å². The molecule has 20 heavy (non-hydrogen) atoms. The van der Waals surface area contributed by atoms with Gasteiger partial charge in [0.05, 0.1) is 4.92 Å². The van der Waals surface area contributed by atoms with E-state index < -0.39 is 16.9 Å². The third-order valence-electron chi connectivity index (χ3n) is 2.08. The second-order valence-electron chi connectivity index (χ2n) is 3.45. The zero-order valence-electron chi connectivity index (χ0n) is 9.81. The first-order valence-corrected chi connectivity index (χ1v) is 5.21. The first-order chi connectivity index (χ1) is 9.54. The molecular weight excluding hydrogens is 274 g/mol. The predicted octanol–water partition coefficient (Wildman–Crippen LogP) is 1.86. The molecule has 0 amide bonds. The highest BCUT2D eigenvalue weighted by Gasteiger charge is 2.11. The highest BCUT2D eigenvalue weighted by atomic mass is 16.7. The number of hydrogen-bond donors (Lipinski definition) is 0. The van der Waals surface area contributed by atoms with E-state index in [9.17, 15) is 19.7 Å². The van der Waals surface area contributed by atoms with E-state index in [1.165, 1.54) is 24.3 Å². The minimum atomic E-state index is -1.05. The van der Waals surface area contributed by atoms with E-state index in [-0.39, 0.29) is 23.8 Å². The molecule has 9 nitrogen and oxygen atoms in total. The van der Waals surface area contributed by atoms with Gasteiger partial charge in [-0.25, -0.2) is 9.59 Å². The van der Waals surface area contributed by atoms with Crippen molar-refractivity contribution in [2.24, 2.45) is 0 Å². The van der Waals surface area contributed by atoms with E-state index >= 15 is 0 Å². The van der Waals surface area contributed by atoms with Crippen molar-refractivity contribution >= 4 is 11.8 Å². The first kappa shape index (κ1) is 13.3. The number of nitro benzene ring substituents is 1. The van der Waals surface area contributed by atoms with Gasteiger partial charge in [-0.05, 0) is 12.1 Å². The van der Waals surface area contributed by atoms with E-state index in [0.717, 1.165) is 6.26 Å². The number of carbonyl (C=O) groups is 1. The Bertz CT molecular complexity index is 668. The number of hydrogen-bond acceptors (Lipinski definition) is 8. The summed E-state index contributed by atoms with van der Waals surface area (Å²) in [4.78, 5) is 31.7.